The van der Waals surface area contributed by atoms with Gasteiger partial charge < -0.3 is 10.1 Å². The molecule has 0 bridgehead atoms. The number of alkyl halides is 2. The van der Waals surface area contributed by atoms with Crippen molar-refractivity contribution < 1.29 is 22.7 Å². The summed E-state index contributed by atoms with van der Waals surface area (Å²) in [6.45, 7) is 1.10. The van der Waals surface area contributed by atoms with Gasteiger partial charge >= 0.3 is 5.97 Å². The number of esters is 1. The van der Waals surface area contributed by atoms with E-state index in [2.05, 4.69) is 31.2 Å². The minimum atomic E-state index is -2.75. The highest BCUT2D eigenvalue weighted by Crippen LogP contribution is 2.38. The highest BCUT2D eigenvalue weighted by Gasteiger charge is 2.45. The minimum absolute atomic E-state index is 0.0868. The van der Waals surface area contributed by atoms with Crippen molar-refractivity contribution in [2.45, 2.75) is 18.9 Å². The van der Waals surface area contributed by atoms with Crippen molar-refractivity contribution in [2.24, 2.45) is 4.99 Å². The highest BCUT2D eigenvalue weighted by molar-refractivity contribution is 9.10. The van der Waals surface area contributed by atoms with Crippen LogP contribution in [0.2, 0.25) is 0 Å². The van der Waals surface area contributed by atoms with Gasteiger partial charge in [-0.05, 0) is 24.6 Å². The van der Waals surface area contributed by atoms with E-state index >= 15 is 0 Å². The van der Waals surface area contributed by atoms with Crippen molar-refractivity contribution in [3.8, 4) is 0 Å². The number of benzene rings is 1. The molecule has 0 spiro atoms. The maximum atomic E-state index is 13.7. The van der Waals surface area contributed by atoms with Gasteiger partial charge in [0.2, 0.25) is 0 Å². The number of hydrogen-bond donors (Lipinski definition) is 1. The molecule has 2 aliphatic rings. The molecule has 1 fully saturated rings. The number of rotatable bonds is 6. The van der Waals surface area contributed by atoms with E-state index in [9.17, 15) is 18.0 Å². The molecule has 1 saturated heterocycles. The second kappa shape index (κ2) is 8.71. The molecule has 2 aliphatic heterocycles. The summed E-state index contributed by atoms with van der Waals surface area (Å²) < 4.78 is 46.2. The molecule has 4 rings (SSSR count). The van der Waals surface area contributed by atoms with E-state index in [0.717, 1.165) is 0 Å². The normalized spacial score (nSPS) is 20.7. The maximum absolute atomic E-state index is 13.7. The summed E-state index contributed by atoms with van der Waals surface area (Å²) in [5, 5.41) is 5.46. The van der Waals surface area contributed by atoms with E-state index in [4.69, 9.17) is 4.74 Å². The van der Waals surface area contributed by atoms with Gasteiger partial charge in [0.15, 0.2) is 10.8 Å². The van der Waals surface area contributed by atoms with Crippen molar-refractivity contribution in [2.75, 3.05) is 26.2 Å². The predicted molar refractivity (Wildman–Crippen MR) is 114 cm³/mol. The summed E-state index contributed by atoms with van der Waals surface area (Å²) >= 11 is 4.70. The lowest BCUT2D eigenvalue weighted by molar-refractivity contribution is -0.139. The number of aliphatic imine (C=N–C) groups is 1. The van der Waals surface area contributed by atoms with Crippen LogP contribution >= 0.6 is 27.3 Å². The number of likely N-dealkylation sites (tertiary alicyclic amines) is 1. The Balaban J connectivity index is 1.80. The first-order chi connectivity index (χ1) is 14.8. The highest BCUT2D eigenvalue weighted by atomic mass is 79.9. The zero-order valence-electron chi connectivity index (χ0n) is 16.4. The number of aromatic nitrogens is 1. The molecular weight excluding hydrogens is 497 g/mol. The molecule has 11 heteroatoms. The fourth-order valence-electron chi connectivity index (χ4n) is 3.51. The largest absolute Gasteiger partial charge is 0.463 e. The van der Waals surface area contributed by atoms with Crippen molar-refractivity contribution in [1.29, 1.82) is 0 Å². The van der Waals surface area contributed by atoms with Crippen molar-refractivity contribution in [1.82, 2.24) is 15.2 Å². The molecule has 0 saturated carbocycles. The Labute approximate surface area is 189 Å². The van der Waals surface area contributed by atoms with Crippen LogP contribution < -0.4 is 5.32 Å². The molecule has 1 aromatic carbocycles. The fraction of sp³-hybridized carbons (Fsp3) is 0.350. The summed E-state index contributed by atoms with van der Waals surface area (Å²) in [4.78, 5) is 23.4. The van der Waals surface area contributed by atoms with Crippen LogP contribution in [0, 0.1) is 5.82 Å². The third-order valence-electron chi connectivity index (χ3n) is 4.80. The van der Waals surface area contributed by atoms with Gasteiger partial charge in [-0.15, -0.1) is 11.3 Å². The summed E-state index contributed by atoms with van der Waals surface area (Å²) in [6, 6.07) is 3.27. The number of nitrogens with zero attached hydrogens (tertiary/aromatic N) is 3. The molecule has 164 valence electrons. The molecule has 0 aliphatic carbocycles. The molecule has 1 atom stereocenters. The number of carbonyl (C=O) groups excluding carboxylic acids is 1. The molecular formula is C20H18BrF3N4O2S. The van der Waals surface area contributed by atoms with Gasteiger partial charge in [-0.1, -0.05) is 22.0 Å². The molecule has 0 unspecified atom stereocenters. The van der Waals surface area contributed by atoms with E-state index in [1.165, 1.54) is 34.4 Å². The fourth-order valence-corrected chi connectivity index (χ4v) is 4.67. The first-order valence-electron chi connectivity index (χ1n) is 9.47. The Morgan fingerprint density at radius 3 is 2.81 bits per heavy atom. The SMILES string of the molecule is CCOC(=O)C1=C(CN2CC(F)(F)C2)NC(c2nccs2)=N[C@H]1c1ccc(F)cc1Br. The van der Waals surface area contributed by atoms with E-state index < -0.39 is 36.8 Å². The number of carbonyl (C=O) groups is 1. The van der Waals surface area contributed by atoms with Gasteiger partial charge in [-0.3, -0.25) is 9.89 Å². The number of halogens is 4. The summed E-state index contributed by atoms with van der Waals surface area (Å²) in [6.07, 6.45) is 1.62. The molecule has 31 heavy (non-hydrogen) atoms. The minimum Gasteiger partial charge on any atom is -0.463 e. The molecule has 1 aromatic heterocycles. The predicted octanol–water partition coefficient (Wildman–Crippen LogP) is 3.90. The number of hydrogen-bond acceptors (Lipinski definition) is 7. The third-order valence-corrected chi connectivity index (χ3v) is 6.27. The van der Waals surface area contributed by atoms with Crippen LogP contribution in [0.3, 0.4) is 0 Å². The van der Waals surface area contributed by atoms with Crippen LogP contribution in [0.4, 0.5) is 13.2 Å². The summed E-state index contributed by atoms with van der Waals surface area (Å²) in [5.41, 5.74) is 1.16. The summed E-state index contributed by atoms with van der Waals surface area (Å²) in [5.74, 6) is -3.39. The van der Waals surface area contributed by atoms with E-state index in [-0.39, 0.29) is 18.7 Å². The zero-order valence-corrected chi connectivity index (χ0v) is 18.8. The first kappa shape index (κ1) is 22.0. The average Bonchev–Trinajstić information content (AvgIpc) is 3.21. The number of nitrogens with one attached hydrogen (secondary N) is 1. The standard InChI is InChI=1S/C20H18BrF3N4O2S/c1-2-30-19(29)15-14(8-28-9-20(23,24)10-28)26-17(18-25-5-6-31-18)27-16(15)12-4-3-11(22)7-13(12)21/h3-7,16H,2,8-10H2,1H3,(H,26,27)/t16-/m0/s1. The van der Waals surface area contributed by atoms with Gasteiger partial charge in [0.25, 0.3) is 5.92 Å². The monoisotopic (exact) mass is 514 g/mol. The summed E-state index contributed by atoms with van der Waals surface area (Å²) in [7, 11) is 0. The van der Waals surface area contributed by atoms with Crippen LogP contribution in [0.15, 0.2) is 50.5 Å². The zero-order chi connectivity index (χ0) is 22.2. The quantitative estimate of drug-likeness (QED) is 0.592. The Morgan fingerprint density at radius 2 is 2.19 bits per heavy atom. The second-order valence-electron chi connectivity index (χ2n) is 7.12. The van der Waals surface area contributed by atoms with Crippen LogP contribution in [-0.2, 0) is 9.53 Å². The van der Waals surface area contributed by atoms with Crippen LogP contribution in [0.25, 0.3) is 0 Å². The van der Waals surface area contributed by atoms with Gasteiger partial charge in [-0.25, -0.2) is 22.9 Å². The number of ether oxygens (including phenoxy) is 1. The van der Waals surface area contributed by atoms with Crippen LogP contribution in [-0.4, -0.2) is 53.9 Å². The number of thiazole rings is 1. The van der Waals surface area contributed by atoms with Crippen LogP contribution in [0.5, 0.6) is 0 Å². The average molecular weight is 515 g/mol. The smallest absolute Gasteiger partial charge is 0.338 e. The number of amidine groups is 1. The van der Waals surface area contributed by atoms with Crippen LogP contribution in [0.1, 0.15) is 23.5 Å². The molecule has 6 nitrogen and oxygen atoms in total. The molecule has 1 N–H and O–H groups in total. The molecule has 3 heterocycles. The Bertz CT molecular complexity index is 1050. The Kier molecular flexibility index (Phi) is 6.18. The van der Waals surface area contributed by atoms with Gasteiger partial charge in [0.1, 0.15) is 11.9 Å². The lowest BCUT2D eigenvalue weighted by Gasteiger charge is -2.40. The van der Waals surface area contributed by atoms with Crippen molar-refractivity contribution in [3.05, 3.63) is 61.9 Å². The topological polar surface area (TPSA) is 66.8 Å². The Morgan fingerprint density at radius 1 is 1.42 bits per heavy atom. The van der Waals surface area contributed by atoms with E-state index in [1.807, 2.05) is 0 Å². The van der Waals surface area contributed by atoms with E-state index in [0.29, 0.717) is 26.6 Å². The van der Waals surface area contributed by atoms with Gasteiger partial charge in [0, 0.05) is 28.3 Å². The third kappa shape index (κ3) is 4.68. The lowest BCUT2D eigenvalue weighted by atomic mass is 9.94. The second-order valence-corrected chi connectivity index (χ2v) is 8.87. The van der Waals surface area contributed by atoms with E-state index in [1.54, 1.807) is 18.5 Å². The molecule has 0 amide bonds. The van der Waals surface area contributed by atoms with Crippen molar-refractivity contribution in [3.63, 3.8) is 0 Å². The Hall–Kier alpha value is -2.24. The first-order valence-corrected chi connectivity index (χ1v) is 11.1. The van der Waals surface area contributed by atoms with Crippen molar-refractivity contribution >= 4 is 39.1 Å². The molecule has 0 radical (unpaired) electrons. The lowest BCUT2D eigenvalue weighted by Crippen LogP contribution is -2.57. The maximum Gasteiger partial charge on any atom is 0.338 e. The molecule has 2 aromatic rings. The van der Waals surface area contributed by atoms with Gasteiger partial charge in [-0.2, -0.15) is 0 Å². The van der Waals surface area contributed by atoms with Gasteiger partial charge in [0.05, 0.1) is 25.3 Å².